The van der Waals surface area contributed by atoms with Crippen LogP contribution in [0.5, 0.6) is 0 Å². The molecule has 20 heavy (non-hydrogen) atoms. The fraction of sp³-hybridized carbons (Fsp3) is 0.500. The largest absolute Gasteiger partial charge is 0.395 e. The molecule has 0 unspecified atom stereocenters. The number of hydrogen-bond donors (Lipinski definition) is 2. The highest BCUT2D eigenvalue weighted by Gasteiger charge is 2.40. The first-order chi connectivity index (χ1) is 9.22. The first kappa shape index (κ1) is 16.0. The van der Waals surface area contributed by atoms with Gasteiger partial charge >= 0.3 is 0 Å². The summed E-state index contributed by atoms with van der Waals surface area (Å²) in [5, 5.41) is 0.0587. The smallest absolute Gasteiger partial charge is 0.244 e. The van der Waals surface area contributed by atoms with Gasteiger partial charge in [-0.2, -0.15) is 0 Å². The maximum absolute atomic E-state index is 14.1. The van der Waals surface area contributed by atoms with Crippen LogP contribution in [0.2, 0.25) is 5.02 Å². The van der Waals surface area contributed by atoms with Gasteiger partial charge in [-0.1, -0.05) is 18.5 Å². The van der Waals surface area contributed by atoms with E-state index in [1.165, 1.54) is 0 Å². The summed E-state index contributed by atoms with van der Waals surface area (Å²) in [4.78, 5) is -0.511. The molecule has 0 saturated heterocycles. The Hall–Kier alpha value is -0.370. The maximum atomic E-state index is 14.1. The number of anilines is 1. The summed E-state index contributed by atoms with van der Waals surface area (Å²) in [7, 11) is -3.99. The standard InChI is InChI=1S/C12H15BrClFN2O2S/c1-2-12(4-3-5-12)17-20(18,19)8-6-7(14)9(13)11(16)10(8)15/h6,17H,2-5,16H2,1H3. The summed E-state index contributed by atoms with van der Waals surface area (Å²) in [6, 6.07) is 1.07. The highest BCUT2D eigenvalue weighted by molar-refractivity contribution is 9.10. The van der Waals surface area contributed by atoms with Gasteiger partial charge in [0.05, 0.1) is 15.2 Å². The van der Waals surface area contributed by atoms with E-state index in [-0.39, 0.29) is 15.2 Å². The molecule has 112 valence electrons. The molecule has 0 atom stereocenters. The third-order valence-corrected chi connectivity index (χ3v) is 6.74. The van der Waals surface area contributed by atoms with Gasteiger partial charge in [0.2, 0.25) is 10.0 Å². The van der Waals surface area contributed by atoms with Crippen molar-refractivity contribution in [1.82, 2.24) is 4.72 Å². The molecular formula is C12H15BrClFN2O2S. The maximum Gasteiger partial charge on any atom is 0.244 e. The number of nitrogens with one attached hydrogen (secondary N) is 1. The summed E-state index contributed by atoms with van der Waals surface area (Å²) in [5.41, 5.74) is 4.74. The zero-order valence-corrected chi connectivity index (χ0v) is 14.0. The molecule has 0 radical (unpaired) electrons. The van der Waals surface area contributed by atoms with E-state index in [1.807, 2.05) is 6.92 Å². The molecule has 1 fully saturated rings. The van der Waals surface area contributed by atoms with Crippen LogP contribution in [0.25, 0.3) is 0 Å². The molecule has 0 spiro atoms. The Morgan fingerprint density at radius 1 is 1.55 bits per heavy atom. The summed E-state index contributed by atoms with van der Waals surface area (Å²) in [6.45, 7) is 1.90. The van der Waals surface area contributed by atoms with Crippen LogP contribution in [0.4, 0.5) is 10.1 Å². The second-order valence-corrected chi connectivity index (χ2v) is 7.84. The lowest BCUT2D eigenvalue weighted by Gasteiger charge is -2.41. The van der Waals surface area contributed by atoms with Crippen molar-refractivity contribution in [3.8, 4) is 0 Å². The molecule has 4 nitrogen and oxygen atoms in total. The summed E-state index contributed by atoms with van der Waals surface area (Å²) >= 11 is 8.88. The number of hydrogen-bond acceptors (Lipinski definition) is 3. The van der Waals surface area contributed by atoms with Gasteiger partial charge in [0.1, 0.15) is 4.90 Å². The van der Waals surface area contributed by atoms with Crippen molar-refractivity contribution >= 4 is 43.2 Å². The average molecular weight is 386 g/mol. The molecule has 0 heterocycles. The van der Waals surface area contributed by atoms with Gasteiger partial charge in [-0.15, -0.1) is 0 Å². The number of sulfonamides is 1. The van der Waals surface area contributed by atoms with Crippen molar-refractivity contribution in [3.63, 3.8) is 0 Å². The first-order valence-corrected chi connectivity index (χ1v) is 8.85. The SMILES string of the molecule is CCC1(NS(=O)(=O)c2cc(Cl)c(Br)c(N)c2F)CCC1. The number of rotatable bonds is 4. The van der Waals surface area contributed by atoms with Crippen LogP contribution in [0.3, 0.4) is 0 Å². The van der Waals surface area contributed by atoms with Gasteiger partial charge in [0.25, 0.3) is 0 Å². The van der Waals surface area contributed by atoms with E-state index in [2.05, 4.69) is 20.7 Å². The van der Waals surface area contributed by atoms with E-state index in [9.17, 15) is 12.8 Å². The Morgan fingerprint density at radius 2 is 2.15 bits per heavy atom. The average Bonchev–Trinajstić information content (AvgIpc) is 2.35. The lowest BCUT2D eigenvalue weighted by molar-refractivity contribution is 0.213. The summed E-state index contributed by atoms with van der Waals surface area (Å²) < 4.78 is 41.6. The minimum atomic E-state index is -3.99. The molecule has 2 rings (SSSR count). The second-order valence-electron chi connectivity index (χ2n) is 4.99. The molecule has 1 aromatic carbocycles. The van der Waals surface area contributed by atoms with Gasteiger partial charge in [0.15, 0.2) is 5.82 Å². The molecule has 0 aromatic heterocycles. The van der Waals surface area contributed by atoms with E-state index in [4.69, 9.17) is 17.3 Å². The predicted octanol–water partition coefficient (Wildman–Crippen LogP) is 3.43. The first-order valence-electron chi connectivity index (χ1n) is 6.19. The second kappa shape index (κ2) is 5.44. The number of benzene rings is 1. The Bertz CT molecular complexity index is 642. The van der Waals surface area contributed by atoms with Crippen LogP contribution < -0.4 is 10.5 Å². The van der Waals surface area contributed by atoms with Crippen LogP contribution in [-0.4, -0.2) is 14.0 Å². The van der Waals surface area contributed by atoms with Gasteiger partial charge < -0.3 is 5.73 Å². The topological polar surface area (TPSA) is 72.2 Å². The van der Waals surface area contributed by atoms with E-state index < -0.39 is 26.3 Å². The van der Waals surface area contributed by atoms with Crippen molar-refractivity contribution < 1.29 is 12.8 Å². The molecule has 3 N–H and O–H groups in total. The van der Waals surface area contributed by atoms with Gasteiger partial charge in [-0.05, 0) is 47.7 Å². The van der Waals surface area contributed by atoms with Gasteiger partial charge in [-0.25, -0.2) is 17.5 Å². The van der Waals surface area contributed by atoms with E-state index >= 15 is 0 Å². The highest BCUT2D eigenvalue weighted by Crippen LogP contribution is 2.38. The fourth-order valence-electron chi connectivity index (χ4n) is 2.27. The van der Waals surface area contributed by atoms with Crippen molar-refractivity contribution in [1.29, 1.82) is 0 Å². The molecule has 1 aliphatic carbocycles. The van der Waals surface area contributed by atoms with E-state index in [0.29, 0.717) is 6.42 Å². The third kappa shape index (κ3) is 2.68. The Labute approximate surface area is 131 Å². The van der Waals surface area contributed by atoms with Gasteiger partial charge in [0, 0.05) is 5.54 Å². The predicted molar refractivity (Wildman–Crippen MR) is 80.7 cm³/mol. The summed E-state index contributed by atoms with van der Waals surface area (Å²) in [5.74, 6) is -0.987. The fourth-order valence-corrected chi connectivity index (χ4v) is 4.48. The molecule has 0 bridgehead atoms. The Morgan fingerprint density at radius 3 is 2.60 bits per heavy atom. The number of nitrogen functional groups attached to an aromatic ring is 1. The van der Waals surface area contributed by atoms with E-state index in [0.717, 1.165) is 25.3 Å². The minimum Gasteiger partial charge on any atom is -0.395 e. The van der Waals surface area contributed by atoms with E-state index in [1.54, 1.807) is 0 Å². The Kier molecular flexibility index (Phi) is 4.35. The van der Waals surface area contributed by atoms with Crippen LogP contribution >= 0.6 is 27.5 Å². The molecule has 1 aromatic rings. The zero-order chi connectivity index (χ0) is 15.1. The van der Waals surface area contributed by atoms with Gasteiger partial charge in [-0.3, -0.25) is 0 Å². The van der Waals surface area contributed by atoms with Crippen molar-refractivity contribution in [2.75, 3.05) is 5.73 Å². The number of halogens is 3. The quantitative estimate of drug-likeness (QED) is 0.616. The van der Waals surface area contributed by atoms with Crippen LogP contribution in [0.1, 0.15) is 32.6 Å². The minimum absolute atomic E-state index is 0.0587. The molecule has 8 heteroatoms. The van der Waals surface area contributed by atoms with Crippen molar-refractivity contribution in [2.24, 2.45) is 0 Å². The number of nitrogens with two attached hydrogens (primary N) is 1. The van der Waals surface area contributed by atoms with Crippen LogP contribution in [-0.2, 0) is 10.0 Å². The highest BCUT2D eigenvalue weighted by atomic mass is 79.9. The normalized spacial score (nSPS) is 17.8. The summed E-state index contributed by atoms with van der Waals surface area (Å²) in [6.07, 6.45) is 3.13. The van der Waals surface area contributed by atoms with Crippen LogP contribution in [0, 0.1) is 5.82 Å². The van der Waals surface area contributed by atoms with Crippen molar-refractivity contribution in [2.45, 2.75) is 43.0 Å². The lowest BCUT2D eigenvalue weighted by Crippen LogP contribution is -2.52. The molecule has 0 amide bonds. The monoisotopic (exact) mass is 384 g/mol. The molecule has 1 saturated carbocycles. The lowest BCUT2D eigenvalue weighted by atomic mass is 9.76. The molecule has 1 aliphatic rings. The third-order valence-electron chi connectivity index (χ3n) is 3.78. The zero-order valence-electron chi connectivity index (χ0n) is 10.8. The Balaban J connectivity index is 2.45. The molecule has 0 aliphatic heterocycles. The van der Waals surface area contributed by atoms with Crippen LogP contribution in [0.15, 0.2) is 15.4 Å². The van der Waals surface area contributed by atoms with Crippen molar-refractivity contribution in [3.05, 3.63) is 21.4 Å². The molecular weight excluding hydrogens is 371 g/mol.